The molecule has 1 aliphatic carbocycles. The Morgan fingerprint density at radius 3 is 2.63 bits per heavy atom. The Balaban J connectivity index is 1.60. The number of nitrogens with one attached hydrogen (secondary N) is 1. The molecular weight excluding hydrogens is 398 g/mol. The van der Waals surface area contributed by atoms with E-state index in [1.54, 1.807) is 36.0 Å². The Kier molecular flexibility index (Phi) is 7.69. The second-order valence-electron chi connectivity index (χ2n) is 7.54. The summed E-state index contributed by atoms with van der Waals surface area (Å²) in [6.45, 7) is 1.58. The van der Waals surface area contributed by atoms with Crippen LogP contribution in [0.2, 0.25) is 0 Å². The molecule has 0 aliphatic heterocycles. The standard InChI is InChI=1S/C24H27NO4S/c1-16-5-3-8-20(13-16)23(27)25-21(11-12-30-2)24(28)29-15-22(26)19-10-9-17-6-4-7-18(17)14-19/h3,5,8-10,13-14,21H,4,6-7,11-12,15H2,1-2H3,(H,25,27)/t21-/m0/s1. The van der Waals surface area contributed by atoms with Crippen molar-refractivity contribution in [2.45, 2.75) is 38.6 Å². The molecule has 0 saturated carbocycles. The number of amides is 1. The third-order valence-corrected chi connectivity index (χ3v) is 5.89. The van der Waals surface area contributed by atoms with Crippen molar-refractivity contribution in [1.29, 1.82) is 0 Å². The van der Waals surface area contributed by atoms with E-state index in [-0.39, 0.29) is 18.3 Å². The number of benzene rings is 2. The molecule has 0 fully saturated rings. The number of esters is 1. The molecule has 1 atom stereocenters. The van der Waals surface area contributed by atoms with Gasteiger partial charge in [-0.2, -0.15) is 11.8 Å². The van der Waals surface area contributed by atoms with Gasteiger partial charge in [0.15, 0.2) is 12.4 Å². The number of ketones is 1. The number of carbonyl (C=O) groups excluding carboxylic acids is 3. The van der Waals surface area contributed by atoms with Gasteiger partial charge < -0.3 is 10.1 Å². The normalized spacial score (nSPS) is 13.4. The maximum Gasteiger partial charge on any atom is 0.329 e. The highest BCUT2D eigenvalue weighted by Gasteiger charge is 2.24. The predicted molar refractivity (Wildman–Crippen MR) is 119 cm³/mol. The second-order valence-corrected chi connectivity index (χ2v) is 8.53. The van der Waals surface area contributed by atoms with E-state index in [9.17, 15) is 14.4 Å². The first-order chi connectivity index (χ1) is 14.5. The van der Waals surface area contributed by atoms with Gasteiger partial charge >= 0.3 is 5.97 Å². The summed E-state index contributed by atoms with van der Waals surface area (Å²) in [7, 11) is 0. The number of hydrogen-bond donors (Lipinski definition) is 1. The lowest BCUT2D eigenvalue weighted by atomic mass is 10.0. The van der Waals surface area contributed by atoms with Gasteiger partial charge in [-0.05, 0) is 73.9 Å². The Labute approximate surface area is 181 Å². The van der Waals surface area contributed by atoms with Crippen molar-refractivity contribution in [3.05, 3.63) is 70.3 Å². The number of fused-ring (bicyclic) bond motifs is 1. The van der Waals surface area contributed by atoms with Crippen molar-refractivity contribution in [2.24, 2.45) is 0 Å². The van der Waals surface area contributed by atoms with Crippen molar-refractivity contribution in [3.63, 3.8) is 0 Å². The van der Waals surface area contributed by atoms with E-state index < -0.39 is 12.0 Å². The van der Waals surface area contributed by atoms with E-state index >= 15 is 0 Å². The van der Waals surface area contributed by atoms with Crippen LogP contribution in [0.15, 0.2) is 42.5 Å². The van der Waals surface area contributed by atoms with Crippen LogP contribution in [0.4, 0.5) is 0 Å². The summed E-state index contributed by atoms with van der Waals surface area (Å²) in [5.41, 5.74) is 4.51. The van der Waals surface area contributed by atoms with Crippen molar-refractivity contribution in [2.75, 3.05) is 18.6 Å². The Morgan fingerprint density at radius 1 is 1.07 bits per heavy atom. The van der Waals surface area contributed by atoms with E-state index in [2.05, 4.69) is 5.32 Å². The molecule has 0 heterocycles. The molecule has 6 heteroatoms. The molecule has 0 spiro atoms. The number of rotatable bonds is 9. The van der Waals surface area contributed by atoms with Crippen LogP contribution in [0.3, 0.4) is 0 Å². The molecule has 0 aromatic heterocycles. The fourth-order valence-corrected chi connectivity index (χ4v) is 4.05. The van der Waals surface area contributed by atoms with Crippen LogP contribution in [0.1, 0.15) is 50.2 Å². The fourth-order valence-electron chi connectivity index (χ4n) is 3.58. The molecule has 3 rings (SSSR count). The summed E-state index contributed by atoms with van der Waals surface area (Å²) in [5, 5.41) is 2.75. The summed E-state index contributed by atoms with van der Waals surface area (Å²) in [5.74, 6) is -0.454. The monoisotopic (exact) mass is 425 g/mol. The third kappa shape index (κ3) is 5.72. The molecular formula is C24H27NO4S. The minimum Gasteiger partial charge on any atom is -0.456 e. The first-order valence-electron chi connectivity index (χ1n) is 10.2. The molecule has 158 valence electrons. The molecule has 0 bridgehead atoms. The summed E-state index contributed by atoms with van der Waals surface area (Å²) in [6.07, 6.45) is 5.51. The summed E-state index contributed by atoms with van der Waals surface area (Å²) in [6, 6.07) is 12.1. The molecule has 5 nitrogen and oxygen atoms in total. The first kappa shape index (κ1) is 22.1. The van der Waals surface area contributed by atoms with Crippen LogP contribution in [-0.4, -0.2) is 42.3 Å². The predicted octanol–water partition coefficient (Wildman–Crippen LogP) is 3.76. The van der Waals surface area contributed by atoms with Crippen molar-refractivity contribution in [3.8, 4) is 0 Å². The molecule has 0 saturated heterocycles. The first-order valence-corrected chi connectivity index (χ1v) is 11.6. The minimum absolute atomic E-state index is 0.230. The van der Waals surface area contributed by atoms with E-state index in [0.717, 1.165) is 24.8 Å². The van der Waals surface area contributed by atoms with Gasteiger partial charge in [-0.15, -0.1) is 0 Å². The van der Waals surface area contributed by atoms with E-state index in [1.807, 2.05) is 31.4 Å². The van der Waals surface area contributed by atoms with Crippen LogP contribution >= 0.6 is 11.8 Å². The van der Waals surface area contributed by atoms with Gasteiger partial charge in [0, 0.05) is 11.1 Å². The third-order valence-electron chi connectivity index (χ3n) is 5.25. The average Bonchev–Trinajstić information content (AvgIpc) is 3.22. The maximum absolute atomic E-state index is 12.6. The quantitative estimate of drug-likeness (QED) is 0.489. The van der Waals surface area contributed by atoms with Crippen molar-refractivity contribution >= 4 is 29.4 Å². The smallest absolute Gasteiger partial charge is 0.329 e. The molecule has 0 radical (unpaired) electrons. The SMILES string of the molecule is CSCC[C@H](NC(=O)c1cccc(C)c1)C(=O)OCC(=O)c1ccc2c(c1)CCC2. The Bertz CT molecular complexity index is 941. The van der Waals surface area contributed by atoms with Crippen molar-refractivity contribution < 1.29 is 19.1 Å². The number of aryl methyl sites for hydroxylation is 3. The fraction of sp³-hybridized carbons (Fsp3) is 0.375. The van der Waals surface area contributed by atoms with E-state index in [1.165, 1.54) is 11.1 Å². The lowest BCUT2D eigenvalue weighted by molar-refractivity contribution is -0.144. The van der Waals surface area contributed by atoms with Crippen LogP contribution in [0, 0.1) is 6.92 Å². The van der Waals surface area contributed by atoms with Crippen LogP contribution in [-0.2, 0) is 22.4 Å². The molecule has 30 heavy (non-hydrogen) atoms. The highest BCUT2D eigenvalue weighted by molar-refractivity contribution is 7.98. The van der Waals surface area contributed by atoms with Gasteiger partial charge in [-0.3, -0.25) is 9.59 Å². The second kappa shape index (κ2) is 10.4. The number of thioether (sulfide) groups is 1. The zero-order valence-electron chi connectivity index (χ0n) is 17.4. The number of hydrogen-bond acceptors (Lipinski definition) is 5. The molecule has 1 amide bonds. The van der Waals surface area contributed by atoms with E-state index in [0.29, 0.717) is 23.3 Å². The van der Waals surface area contributed by atoms with Gasteiger partial charge in [0.25, 0.3) is 5.91 Å². The van der Waals surface area contributed by atoms with Crippen molar-refractivity contribution in [1.82, 2.24) is 5.32 Å². The molecule has 1 N–H and O–H groups in total. The van der Waals surface area contributed by atoms with Gasteiger partial charge in [0.05, 0.1) is 0 Å². The van der Waals surface area contributed by atoms with Crippen LogP contribution < -0.4 is 5.32 Å². The number of Topliss-reactive ketones (excluding diaryl/α,β-unsaturated/α-hetero) is 1. The number of carbonyl (C=O) groups is 3. The highest BCUT2D eigenvalue weighted by Crippen LogP contribution is 2.23. The molecule has 0 unspecified atom stereocenters. The van der Waals surface area contributed by atoms with Gasteiger partial charge in [0.1, 0.15) is 6.04 Å². The molecule has 2 aromatic rings. The van der Waals surface area contributed by atoms with Crippen LogP contribution in [0.25, 0.3) is 0 Å². The highest BCUT2D eigenvalue weighted by atomic mass is 32.2. The lowest BCUT2D eigenvalue weighted by Crippen LogP contribution is -2.42. The van der Waals surface area contributed by atoms with Gasteiger partial charge in [0.2, 0.25) is 0 Å². The summed E-state index contributed by atoms with van der Waals surface area (Å²) in [4.78, 5) is 37.7. The number of ether oxygens (including phenoxy) is 1. The Hall–Kier alpha value is -2.60. The largest absolute Gasteiger partial charge is 0.456 e. The zero-order chi connectivity index (χ0) is 21.5. The summed E-state index contributed by atoms with van der Waals surface area (Å²) >= 11 is 1.58. The zero-order valence-corrected chi connectivity index (χ0v) is 18.2. The van der Waals surface area contributed by atoms with Crippen LogP contribution in [0.5, 0.6) is 0 Å². The summed E-state index contributed by atoms with van der Waals surface area (Å²) < 4.78 is 5.28. The van der Waals surface area contributed by atoms with Gasteiger partial charge in [-0.1, -0.05) is 29.8 Å². The molecule has 1 aliphatic rings. The van der Waals surface area contributed by atoms with E-state index in [4.69, 9.17) is 4.74 Å². The van der Waals surface area contributed by atoms with Gasteiger partial charge in [-0.25, -0.2) is 4.79 Å². The lowest BCUT2D eigenvalue weighted by Gasteiger charge is -2.17. The average molecular weight is 426 g/mol. The Morgan fingerprint density at radius 2 is 1.87 bits per heavy atom. The molecule has 2 aromatic carbocycles. The minimum atomic E-state index is -0.793. The topological polar surface area (TPSA) is 72.5 Å². The maximum atomic E-state index is 12.6.